The first-order chi connectivity index (χ1) is 14.5. The van der Waals surface area contributed by atoms with E-state index < -0.39 is 11.7 Å². The zero-order chi connectivity index (χ0) is 21.1. The zero-order valence-corrected chi connectivity index (χ0v) is 16.9. The van der Waals surface area contributed by atoms with Gasteiger partial charge in [0.25, 0.3) is 11.7 Å². The van der Waals surface area contributed by atoms with Gasteiger partial charge in [-0.25, -0.2) is 0 Å². The molecule has 0 bridgehead atoms. The number of hydrogen-bond donors (Lipinski definition) is 1. The van der Waals surface area contributed by atoms with Crippen molar-refractivity contribution in [2.75, 3.05) is 12.4 Å². The van der Waals surface area contributed by atoms with Gasteiger partial charge in [0.1, 0.15) is 5.75 Å². The minimum Gasteiger partial charge on any atom is -0.497 e. The van der Waals surface area contributed by atoms with Gasteiger partial charge in [-0.05, 0) is 42.0 Å². The van der Waals surface area contributed by atoms with Gasteiger partial charge in [-0.3, -0.25) is 14.6 Å². The number of halogens is 1. The highest BCUT2D eigenvalue weighted by molar-refractivity contribution is 6.47. The van der Waals surface area contributed by atoms with Gasteiger partial charge >= 0.3 is 0 Å². The predicted molar refractivity (Wildman–Crippen MR) is 115 cm³/mol. The number of ether oxygens (including phenoxy) is 1. The third-order valence-corrected chi connectivity index (χ3v) is 4.98. The quantitative estimate of drug-likeness (QED) is 0.371. The van der Waals surface area contributed by atoms with Gasteiger partial charge in [0.2, 0.25) is 0 Å². The van der Waals surface area contributed by atoms with Crippen molar-refractivity contribution in [3.05, 3.63) is 95.0 Å². The zero-order valence-electron chi connectivity index (χ0n) is 16.1. The minimum absolute atomic E-state index is 0.305. The molecule has 0 aliphatic heterocycles. The van der Waals surface area contributed by atoms with Crippen LogP contribution in [0.25, 0.3) is 5.52 Å². The Morgan fingerprint density at radius 1 is 1.13 bits per heavy atom. The summed E-state index contributed by atoms with van der Waals surface area (Å²) in [7, 11) is 1.56. The van der Waals surface area contributed by atoms with E-state index in [1.54, 1.807) is 37.6 Å². The molecule has 1 N–H and O–H groups in total. The van der Waals surface area contributed by atoms with Crippen LogP contribution in [0.4, 0.5) is 5.69 Å². The molecule has 30 heavy (non-hydrogen) atoms. The molecule has 1 aromatic carbocycles. The maximum Gasteiger partial charge on any atom is 0.296 e. The van der Waals surface area contributed by atoms with E-state index in [0.717, 1.165) is 11.3 Å². The van der Waals surface area contributed by atoms with Crippen LogP contribution in [0.5, 0.6) is 5.75 Å². The van der Waals surface area contributed by atoms with Gasteiger partial charge in [-0.15, -0.1) is 0 Å². The monoisotopic (exact) mass is 419 g/mol. The maximum atomic E-state index is 13.0. The van der Waals surface area contributed by atoms with E-state index in [9.17, 15) is 9.59 Å². The van der Waals surface area contributed by atoms with E-state index in [-0.39, 0.29) is 0 Å². The summed E-state index contributed by atoms with van der Waals surface area (Å²) in [5.41, 5.74) is 3.27. The largest absolute Gasteiger partial charge is 0.497 e. The Morgan fingerprint density at radius 2 is 1.93 bits per heavy atom. The molecule has 0 spiro atoms. The summed E-state index contributed by atoms with van der Waals surface area (Å²) >= 11 is 5.98. The number of anilines is 1. The Morgan fingerprint density at radius 3 is 2.63 bits per heavy atom. The number of rotatable bonds is 6. The molecule has 0 saturated carbocycles. The van der Waals surface area contributed by atoms with Gasteiger partial charge in [0.05, 0.1) is 30.1 Å². The van der Waals surface area contributed by atoms with Gasteiger partial charge < -0.3 is 14.5 Å². The summed E-state index contributed by atoms with van der Waals surface area (Å²) in [5, 5.41) is 3.25. The molecule has 3 aromatic heterocycles. The van der Waals surface area contributed by atoms with Gasteiger partial charge in [0.15, 0.2) is 0 Å². The second kappa shape index (κ2) is 8.39. The Bertz CT molecular complexity index is 1220. The van der Waals surface area contributed by atoms with E-state index in [1.165, 1.54) is 6.20 Å². The van der Waals surface area contributed by atoms with Crippen molar-refractivity contribution in [1.29, 1.82) is 0 Å². The molecular weight excluding hydrogens is 402 g/mol. The third-order valence-electron chi connectivity index (χ3n) is 4.73. The lowest BCUT2D eigenvalue weighted by molar-refractivity contribution is -0.112. The lowest BCUT2D eigenvalue weighted by atomic mass is 10.1. The molecule has 0 saturated heterocycles. The number of amides is 1. The number of carbonyl (C=O) groups is 2. The van der Waals surface area contributed by atoms with E-state index >= 15 is 0 Å². The average molecular weight is 420 g/mol. The fourth-order valence-electron chi connectivity index (χ4n) is 3.25. The molecule has 6 nitrogen and oxygen atoms in total. The number of pyridine rings is 2. The molecule has 0 aliphatic rings. The molecule has 7 heteroatoms. The topological polar surface area (TPSA) is 72.7 Å². The maximum absolute atomic E-state index is 13.0. The number of benzene rings is 1. The van der Waals surface area contributed by atoms with E-state index in [4.69, 9.17) is 16.3 Å². The Labute approximate surface area is 178 Å². The third kappa shape index (κ3) is 4.04. The van der Waals surface area contributed by atoms with Gasteiger partial charge in [0, 0.05) is 35.6 Å². The Kier molecular flexibility index (Phi) is 5.50. The van der Waals surface area contributed by atoms with E-state index in [2.05, 4.69) is 10.3 Å². The SMILES string of the molecule is COc1ccn2c(Cc3ccc(Cl)cc3)cc(C(=O)C(=O)Nc3cccnc3)c2c1. The summed E-state index contributed by atoms with van der Waals surface area (Å²) in [6.07, 6.45) is 5.48. The molecule has 0 atom stereocenters. The second-order valence-electron chi connectivity index (χ2n) is 6.70. The molecule has 4 rings (SSSR count). The lowest BCUT2D eigenvalue weighted by Crippen LogP contribution is -2.22. The number of nitrogens with one attached hydrogen (secondary N) is 1. The first-order valence-electron chi connectivity index (χ1n) is 9.23. The molecule has 150 valence electrons. The van der Waals surface area contributed by atoms with Crippen LogP contribution in [0.15, 0.2) is 73.2 Å². The number of methoxy groups -OCH3 is 1. The van der Waals surface area contributed by atoms with E-state index in [0.29, 0.717) is 34.0 Å². The first-order valence-corrected chi connectivity index (χ1v) is 9.61. The smallest absolute Gasteiger partial charge is 0.296 e. The van der Waals surface area contributed by atoms with Crippen LogP contribution in [0.2, 0.25) is 5.02 Å². The molecule has 1 amide bonds. The predicted octanol–water partition coefficient (Wildman–Crippen LogP) is 4.41. The Balaban J connectivity index is 1.71. The van der Waals surface area contributed by atoms with Crippen LogP contribution >= 0.6 is 11.6 Å². The van der Waals surface area contributed by atoms with Crippen LogP contribution in [0.1, 0.15) is 21.6 Å². The number of fused-ring (bicyclic) bond motifs is 1. The molecule has 4 aromatic rings. The summed E-state index contributed by atoms with van der Waals surface area (Å²) in [5.74, 6) is -0.760. The number of Topliss-reactive ketones (excluding diaryl/α,β-unsaturated/α-hetero) is 1. The molecule has 0 unspecified atom stereocenters. The van der Waals surface area contributed by atoms with Crippen molar-refractivity contribution in [3.8, 4) is 5.75 Å². The van der Waals surface area contributed by atoms with Crippen LogP contribution in [0.3, 0.4) is 0 Å². The Hall–Kier alpha value is -3.64. The standard InChI is InChI=1S/C23H18ClN3O3/c1-30-19-8-10-27-18(11-15-4-6-16(24)7-5-15)12-20(21(27)13-19)22(28)23(29)26-17-3-2-9-25-14-17/h2-10,12-14H,11H2,1H3,(H,26,29). The van der Waals surface area contributed by atoms with Crippen molar-refractivity contribution >= 4 is 34.5 Å². The van der Waals surface area contributed by atoms with Gasteiger partial charge in [-0.2, -0.15) is 0 Å². The first kappa shape index (κ1) is 19.7. The summed E-state index contributed by atoms with van der Waals surface area (Å²) in [6, 6.07) is 16.2. The van der Waals surface area contributed by atoms with Gasteiger partial charge in [-0.1, -0.05) is 23.7 Å². The highest BCUT2D eigenvalue weighted by Gasteiger charge is 2.22. The second-order valence-corrected chi connectivity index (χ2v) is 7.14. The highest BCUT2D eigenvalue weighted by Crippen LogP contribution is 2.25. The number of ketones is 1. The van der Waals surface area contributed by atoms with Crippen molar-refractivity contribution in [1.82, 2.24) is 9.38 Å². The van der Waals surface area contributed by atoms with Crippen molar-refractivity contribution in [2.24, 2.45) is 0 Å². The van der Waals surface area contributed by atoms with Crippen molar-refractivity contribution in [3.63, 3.8) is 0 Å². The van der Waals surface area contributed by atoms with Crippen LogP contribution < -0.4 is 10.1 Å². The summed E-state index contributed by atoms with van der Waals surface area (Å²) < 4.78 is 7.20. The molecule has 0 fully saturated rings. The van der Waals surface area contributed by atoms with Crippen LogP contribution in [-0.4, -0.2) is 28.2 Å². The molecule has 3 heterocycles. The molecular formula is C23H18ClN3O3. The molecule has 0 aliphatic carbocycles. The summed E-state index contributed by atoms with van der Waals surface area (Å²) in [4.78, 5) is 29.5. The van der Waals surface area contributed by atoms with Crippen LogP contribution in [0, 0.1) is 0 Å². The normalized spacial score (nSPS) is 10.7. The van der Waals surface area contributed by atoms with Crippen molar-refractivity contribution < 1.29 is 14.3 Å². The molecule has 0 radical (unpaired) electrons. The summed E-state index contributed by atoms with van der Waals surface area (Å²) in [6.45, 7) is 0. The minimum atomic E-state index is -0.726. The fraction of sp³-hybridized carbons (Fsp3) is 0.0870. The van der Waals surface area contributed by atoms with E-state index in [1.807, 2.05) is 40.9 Å². The lowest BCUT2D eigenvalue weighted by Gasteiger charge is -2.06. The highest BCUT2D eigenvalue weighted by atomic mass is 35.5. The average Bonchev–Trinajstić information content (AvgIpc) is 3.13. The number of carbonyl (C=O) groups excluding carboxylic acids is 2. The fourth-order valence-corrected chi connectivity index (χ4v) is 3.38. The van der Waals surface area contributed by atoms with Crippen LogP contribution in [-0.2, 0) is 11.2 Å². The van der Waals surface area contributed by atoms with Crippen molar-refractivity contribution in [2.45, 2.75) is 6.42 Å². The number of nitrogens with zero attached hydrogens (tertiary/aromatic N) is 2. The number of hydrogen-bond acceptors (Lipinski definition) is 4. The number of aromatic nitrogens is 2.